The van der Waals surface area contributed by atoms with Crippen LogP contribution in [0.2, 0.25) is 0 Å². The van der Waals surface area contributed by atoms with E-state index in [4.69, 9.17) is 4.74 Å². The van der Waals surface area contributed by atoms with Crippen molar-refractivity contribution < 1.29 is 18.3 Å². The van der Waals surface area contributed by atoms with Crippen LogP contribution in [0.3, 0.4) is 0 Å². The van der Waals surface area contributed by atoms with Crippen molar-refractivity contribution in [2.75, 3.05) is 13.7 Å². The van der Waals surface area contributed by atoms with Gasteiger partial charge in [0.05, 0.1) is 22.4 Å². The van der Waals surface area contributed by atoms with E-state index in [1.807, 2.05) is 28.8 Å². The number of halogens is 2. The van der Waals surface area contributed by atoms with Crippen LogP contribution in [0.5, 0.6) is 0 Å². The summed E-state index contributed by atoms with van der Waals surface area (Å²) in [6.07, 6.45) is 0. The van der Waals surface area contributed by atoms with E-state index in [1.165, 1.54) is 11.3 Å². The van der Waals surface area contributed by atoms with Gasteiger partial charge < -0.3 is 9.30 Å². The van der Waals surface area contributed by atoms with Crippen molar-refractivity contribution in [2.24, 2.45) is 4.99 Å². The lowest BCUT2D eigenvalue weighted by atomic mass is 10.2. The predicted molar refractivity (Wildman–Crippen MR) is 87.9 cm³/mol. The van der Waals surface area contributed by atoms with E-state index >= 15 is 0 Å². The van der Waals surface area contributed by atoms with Gasteiger partial charge >= 0.3 is 0 Å². The fourth-order valence-electron chi connectivity index (χ4n) is 2.31. The molecule has 1 amide bonds. The second-order valence-corrected chi connectivity index (χ2v) is 6.05. The average Bonchev–Trinajstić information content (AvgIpc) is 2.89. The van der Waals surface area contributed by atoms with Gasteiger partial charge in [0.2, 0.25) is 0 Å². The minimum absolute atomic E-state index is 0.257. The molecule has 0 saturated heterocycles. The fraction of sp³-hybridized carbons (Fsp3) is 0.176. The molecule has 124 valence electrons. The van der Waals surface area contributed by atoms with Gasteiger partial charge in [0, 0.05) is 19.7 Å². The van der Waals surface area contributed by atoms with Crippen LogP contribution in [0.4, 0.5) is 8.78 Å². The summed E-state index contributed by atoms with van der Waals surface area (Å²) in [6, 6.07) is 10.4. The molecule has 0 aliphatic rings. The lowest BCUT2D eigenvalue weighted by molar-refractivity contribution is 0.0993. The summed E-state index contributed by atoms with van der Waals surface area (Å²) in [5.41, 5.74) is 0.665. The lowest BCUT2D eigenvalue weighted by Crippen LogP contribution is -2.19. The Morgan fingerprint density at radius 3 is 2.79 bits per heavy atom. The highest BCUT2D eigenvalue weighted by Crippen LogP contribution is 2.17. The first-order chi connectivity index (χ1) is 11.6. The number of amides is 1. The highest BCUT2D eigenvalue weighted by Gasteiger charge is 2.13. The van der Waals surface area contributed by atoms with Crippen LogP contribution >= 0.6 is 11.3 Å². The number of para-hydroxylation sites is 1. The zero-order chi connectivity index (χ0) is 17.1. The van der Waals surface area contributed by atoms with E-state index in [0.29, 0.717) is 24.0 Å². The Hall–Kier alpha value is -2.38. The SMILES string of the molecule is COCCn1c(=NC(=O)c2ccc(F)cc2F)sc2ccccc21. The van der Waals surface area contributed by atoms with Crippen LogP contribution in [-0.2, 0) is 11.3 Å². The molecule has 3 aromatic rings. The molecule has 0 fully saturated rings. The zero-order valence-corrected chi connectivity index (χ0v) is 13.6. The molecule has 3 rings (SSSR count). The predicted octanol–water partition coefficient (Wildman–Crippen LogP) is 3.37. The summed E-state index contributed by atoms with van der Waals surface area (Å²) in [5.74, 6) is -2.40. The molecule has 0 unspecified atom stereocenters. The first-order valence-corrected chi connectivity index (χ1v) is 8.03. The van der Waals surface area contributed by atoms with Crippen molar-refractivity contribution in [3.63, 3.8) is 0 Å². The monoisotopic (exact) mass is 348 g/mol. The molecule has 0 aliphatic carbocycles. The summed E-state index contributed by atoms with van der Waals surface area (Å²) < 4.78 is 34.7. The maximum absolute atomic E-state index is 13.8. The van der Waals surface area contributed by atoms with Crippen molar-refractivity contribution >= 4 is 27.5 Å². The summed E-state index contributed by atoms with van der Waals surface area (Å²) in [4.78, 5) is 16.8. The van der Waals surface area contributed by atoms with Crippen molar-refractivity contribution in [3.8, 4) is 0 Å². The van der Waals surface area contributed by atoms with Gasteiger partial charge in [0.25, 0.3) is 5.91 Å². The number of hydrogen-bond acceptors (Lipinski definition) is 3. The Kier molecular flexibility index (Phi) is 4.82. The molecule has 0 N–H and O–H groups in total. The van der Waals surface area contributed by atoms with E-state index in [1.54, 1.807) is 7.11 Å². The second kappa shape index (κ2) is 7.02. The standard InChI is InChI=1S/C17H14F2N2O2S/c1-23-9-8-21-14-4-2-3-5-15(14)24-17(21)20-16(22)12-7-6-11(18)10-13(12)19/h2-7,10H,8-9H2,1H3. The largest absolute Gasteiger partial charge is 0.383 e. The van der Waals surface area contributed by atoms with E-state index in [9.17, 15) is 13.6 Å². The molecule has 7 heteroatoms. The van der Waals surface area contributed by atoms with E-state index in [-0.39, 0.29) is 5.56 Å². The lowest BCUT2D eigenvalue weighted by Gasteiger charge is -2.04. The number of fused-ring (bicyclic) bond motifs is 1. The number of hydrogen-bond donors (Lipinski definition) is 0. The summed E-state index contributed by atoms with van der Waals surface area (Å²) >= 11 is 1.33. The maximum atomic E-state index is 13.8. The number of aromatic nitrogens is 1. The van der Waals surface area contributed by atoms with Gasteiger partial charge in [-0.1, -0.05) is 23.5 Å². The molecule has 0 aliphatic heterocycles. The molecule has 0 saturated carbocycles. The number of ether oxygens (including phenoxy) is 1. The van der Waals surface area contributed by atoms with Crippen LogP contribution in [0.15, 0.2) is 47.5 Å². The number of rotatable bonds is 4. The molecular formula is C17H14F2N2O2S. The molecule has 0 spiro atoms. The van der Waals surface area contributed by atoms with Crippen LogP contribution in [0.1, 0.15) is 10.4 Å². The van der Waals surface area contributed by atoms with Crippen LogP contribution in [0.25, 0.3) is 10.2 Å². The van der Waals surface area contributed by atoms with Gasteiger partial charge in [-0.3, -0.25) is 4.79 Å². The first kappa shape index (κ1) is 16.5. The Morgan fingerprint density at radius 2 is 2.04 bits per heavy atom. The topological polar surface area (TPSA) is 43.6 Å². The molecule has 4 nitrogen and oxygen atoms in total. The summed E-state index contributed by atoms with van der Waals surface area (Å²) in [6.45, 7) is 0.964. The molecular weight excluding hydrogens is 334 g/mol. The van der Waals surface area contributed by atoms with E-state index < -0.39 is 17.5 Å². The molecule has 0 bridgehead atoms. The molecule has 24 heavy (non-hydrogen) atoms. The van der Waals surface area contributed by atoms with Gasteiger partial charge in [-0.15, -0.1) is 0 Å². The van der Waals surface area contributed by atoms with Crippen LogP contribution in [0, 0.1) is 11.6 Å². The normalized spacial score (nSPS) is 12.0. The Bertz CT molecular complexity index is 963. The zero-order valence-electron chi connectivity index (χ0n) is 12.8. The van der Waals surface area contributed by atoms with Crippen molar-refractivity contribution in [1.29, 1.82) is 0 Å². The van der Waals surface area contributed by atoms with Crippen LogP contribution in [-0.4, -0.2) is 24.2 Å². The molecule has 0 radical (unpaired) electrons. The molecule has 0 atom stereocenters. The third-order valence-corrected chi connectivity index (χ3v) is 4.53. The van der Waals surface area contributed by atoms with Crippen molar-refractivity contribution in [3.05, 3.63) is 64.5 Å². The Labute approximate surface area is 140 Å². The summed E-state index contributed by atoms with van der Waals surface area (Å²) in [5, 5.41) is 0. The summed E-state index contributed by atoms with van der Waals surface area (Å²) in [7, 11) is 1.59. The van der Waals surface area contributed by atoms with Gasteiger partial charge in [-0.25, -0.2) is 8.78 Å². The number of thiazole rings is 1. The van der Waals surface area contributed by atoms with Crippen molar-refractivity contribution in [1.82, 2.24) is 4.57 Å². The van der Waals surface area contributed by atoms with Gasteiger partial charge in [-0.05, 0) is 24.3 Å². The minimum atomic E-state index is -0.923. The molecule has 2 aromatic carbocycles. The molecule has 1 aromatic heterocycles. The fourth-order valence-corrected chi connectivity index (χ4v) is 3.37. The average molecular weight is 348 g/mol. The Morgan fingerprint density at radius 1 is 1.25 bits per heavy atom. The number of methoxy groups -OCH3 is 1. The first-order valence-electron chi connectivity index (χ1n) is 7.21. The van der Waals surface area contributed by atoms with Gasteiger partial charge in [0.15, 0.2) is 4.80 Å². The van der Waals surface area contributed by atoms with Gasteiger partial charge in [0.1, 0.15) is 11.6 Å². The highest BCUT2D eigenvalue weighted by molar-refractivity contribution is 7.16. The number of benzene rings is 2. The smallest absolute Gasteiger partial charge is 0.282 e. The quantitative estimate of drug-likeness (QED) is 0.726. The van der Waals surface area contributed by atoms with E-state index in [0.717, 1.165) is 22.3 Å². The third kappa shape index (κ3) is 3.27. The molecule has 1 heterocycles. The number of nitrogens with zero attached hydrogens (tertiary/aromatic N) is 2. The third-order valence-electron chi connectivity index (χ3n) is 3.47. The van der Waals surface area contributed by atoms with Gasteiger partial charge in [-0.2, -0.15) is 4.99 Å². The van der Waals surface area contributed by atoms with Crippen molar-refractivity contribution in [2.45, 2.75) is 6.54 Å². The Balaban J connectivity index is 2.10. The number of carbonyl (C=O) groups is 1. The minimum Gasteiger partial charge on any atom is -0.383 e. The maximum Gasteiger partial charge on any atom is 0.282 e. The number of carbonyl (C=O) groups excluding carboxylic acids is 1. The highest BCUT2D eigenvalue weighted by atomic mass is 32.1. The van der Waals surface area contributed by atoms with Crippen LogP contribution < -0.4 is 4.80 Å². The second-order valence-electron chi connectivity index (χ2n) is 5.04. The van der Waals surface area contributed by atoms with E-state index in [2.05, 4.69) is 4.99 Å².